The summed E-state index contributed by atoms with van der Waals surface area (Å²) < 4.78 is 2.40. The van der Waals surface area contributed by atoms with Crippen LogP contribution in [-0.2, 0) is 0 Å². The van der Waals surface area contributed by atoms with Crippen LogP contribution in [-0.4, -0.2) is 9.55 Å². The molecule has 0 aliphatic rings. The van der Waals surface area contributed by atoms with Crippen LogP contribution in [0.3, 0.4) is 0 Å². The van der Waals surface area contributed by atoms with Crippen LogP contribution in [0.1, 0.15) is 0 Å². The first kappa shape index (κ1) is 35.4. The molecule has 0 aliphatic heterocycles. The van der Waals surface area contributed by atoms with E-state index in [0.29, 0.717) is 0 Å². The van der Waals surface area contributed by atoms with Crippen LogP contribution in [0.2, 0.25) is 0 Å². The van der Waals surface area contributed by atoms with Gasteiger partial charge in [-0.05, 0) is 102 Å². The molecule has 0 saturated heterocycles. The highest BCUT2D eigenvalue weighted by Gasteiger charge is 2.21. The summed E-state index contributed by atoms with van der Waals surface area (Å²) in [7, 11) is 0. The Labute approximate surface area is 364 Å². The first-order valence-corrected chi connectivity index (χ1v) is 21.7. The molecule has 0 atom stereocenters. The summed E-state index contributed by atoms with van der Waals surface area (Å²) in [6.07, 6.45) is 0. The number of benzene rings is 11. The second-order valence-corrected chi connectivity index (χ2v) is 16.6. The normalized spacial score (nSPS) is 11.8. The zero-order valence-corrected chi connectivity index (χ0v) is 34.3. The van der Waals surface area contributed by atoms with Crippen molar-refractivity contribution in [3.05, 3.63) is 231 Å². The standard InChI is InChI=1S/C61H38N2/c1-3-16-42(17-4-1)61-53-35-36-56-60(52-25-13-14-26-55(52)63(56)46-19-5-2-6-20-46)59(53)51-34-33-44(38-54(51)62-61)40-27-30-41(31-28-40)57-47-21-9-11-23-49(47)58(50-24-12-10-22-48(50)57)45-32-29-39-15-7-8-18-43(39)37-45/h1-38H. The Balaban J connectivity index is 0.992. The minimum absolute atomic E-state index is 0.980. The molecule has 0 unspecified atom stereocenters. The van der Waals surface area contributed by atoms with E-state index in [1.807, 2.05) is 0 Å². The molecule has 0 fully saturated rings. The molecule has 0 saturated carbocycles. The summed E-state index contributed by atoms with van der Waals surface area (Å²) in [6, 6.07) is 84.0. The quantitative estimate of drug-likeness (QED) is 0.125. The Bertz CT molecular complexity index is 3880. The largest absolute Gasteiger partial charge is 0.309 e. The van der Waals surface area contributed by atoms with Crippen molar-refractivity contribution in [2.75, 3.05) is 0 Å². The smallest absolute Gasteiger partial charge is 0.0788 e. The van der Waals surface area contributed by atoms with E-state index < -0.39 is 0 Å². The Morgan fingerprint density at radius 3 is 1.54 bits per heavy atom. The number of para-hydroxylation sites is 2. The number of rotatable bonds is 5. The van der Waals surface area contributed by atoms with E-state index >= 15 is 0 Å². The molecule has 0 radical (unpaired) electrons. The van der Waals surface area contributed by atoms with E-state index in [0.717, 1.165) is 44.4 Å². The highest BCUT2D eigenvalue weighted by Crippen LogP contribution is 2.46. The zero-order chi connectivity index (χ0) is 41.4. The van der Waals surface area contributed by atoms with Crippen molar-refractivity contribution < 1.29 is 0 Å². The van der Waals surface area contributed by atoms with Crippen LogP contribution in [0.15, 0.2) is 231 Å². The highest BCUT2D eigenvalue weighted by molar-refractivity contribution is 6.30. The van der Waals surface area contributed by atoms with Crippen molar-refractivity contribution in [2.24, 2.45) is 0 Å². The van der Waals surface area contributed by atoms with Crippen LogP contribution in [0.4, 0.5) is 0 Å². The molecule has 2 heteroatoms. The van der Waals surface area contributed by atoms with Gasteiger partial charge in [0.1, 0.15) is 0 Å². The molecule has 0 bridgehead atoms. The lowest BCUT2D eigenvalue weighted by Crippen LogP contribution is -1.94. The molecule has 0 aliphatic carbocycles. The summed E-state index contributed by atoms with van der Waals surface area (Å²) in [4.78, 5) is 5.49. The van der Waals surface area contributed by atoms with E-state index in [4.69, 9.17) is 4.98 Å². The minimum Gasteiger partial charge on any atom is -0.309 e. The third-order valence-electron chi connectivity index (χ3n) is 13.1. The van der Waals surface area contributed by atoms with Gasteiger partial charge >= 0.3 is 0 Å². The fraction of sp³-hybridized carbons (Fsp3) is 0. The van der Waals surface area contributed by atoms with E-state index in [-0.39, 0.29) is 0 Å². The van der Waals surface area contributed by atoms with Gasteiger partial charge in [-0.15, -0.1) is 0 Å². The number of hydrogen-bond donors (Lipinski definition) is 0. The molecule has 292 valence electrons. The van der Waals surface area contributed by atoms with Gasteiger partial charge in [-0.25, -0.2) is 4.98 Å². The van der Waals surface area contributed by atoms with Gasteiger partial charge in [-0.1, -0.05) is 194 Å². The Kier molecular flexibility index (Phi) is 7.94. The van der Waals surface area contributed by atoms with Gasteiger partial charge in [0.25, 0.3) is 0 Å². The molecule has 13 aromatic rings. The number of pyridine rings is 1. The fourth-order valence-corrected chi connectivity index (χ4v) is 10.3. The Morgan fingerprint density at radius 1 is 0.286 bits per heavy atom. The van der Waals surface area contributed by atoms with Crippen molar-refractivity contribution >= 4 is 75.8 Å². The average Bonchev–Trinajstić information content (AvgIpc) is 3.70. The lowest BCUT2D eigenvalue weighted by molar-refractivity contribution is 1.18. The maximum absolute atomic E-state index is 5.49. The van der Waals surface area contributed by atoms with Crippen molar-refractivity contribution in [2.45, 2.75) is 0 Å². The van der Waals surface area contributed by atoms with Crippen LogP contribution in [0.25, 0.3) is 126 Å². The predicted molar refractivity (Wildman–Crippen MR) is 268 cm³/mol. The Hall–Kier alpha value is -8.33. The van der Waals surface area contributed by atoms with Gasteiger partial charge < -0.3 is 4.57 Å². The summed E-state index contributed by atoms with van der Waals surface area (Å²) in [5, 5.41) is 13.5. The summed E-state index contributed by atoms with van der Waals surface area (Å²) in [6.45, 7) is 0. The molecule has 0 N–H and O–H groups in total. The molecule has 2 heterocycles. The maximum Gasteiger partial charge on any atom is 0.0788 e. The number of hydrogen-bond acceptors (Lipinski definition) is 1. The molecular formula is C61H38N2. The predicted octanol–water partition coefficient (Wildman–Crippen LogP) is 16.6. The second kappa shape index (κ2) is 14.1. The zero-order valence-electron chi connectivity index (χ0n) is 34.3. The molecule has 0 amide bonds. The van der Waals surface area contributed by atoms with Gasteiger partial charge in [-0.2, -0.15) is 0 Å². The van der Waals surface area contributed by atoms with Crippen LogP contribution in [0, 0.1) is 0 Å². The second-order valence-electron chi connectivity index (χ2n) is 16.6. The lowest BCUT2D eigenvalue weighted by Gasteiger charge is -2.18. The van der Waals surface area contributed by atoms with Crippen LogP contribution >= 0.6 is 0 Å². The van der Waals surface area contributed by atoms with Crippen LogP contribution < -0.4 is 0 Å². The van der Waals surface area contributed by atoms with Crippen LogP contribution in [0.5, 0.6) is 0 Å². The SMILES string of the molecule is c1ccc(-c2nc3cc(-c4ccc(-c5c6ccccc6c(-c6ccc7ccccc7c6)c6ccccc56)cc4)ccc3c3c2ccc2c3c3ccccc3n2-c2ccccc2)cc1. The molecule has 63 heavy (non-hydrogen) atoms. The van der Waals surface area contributed by atoms with E-state index in [1.54, 1.807) is 0 Å². The first-order valence-electron chi connectivity index (χ1n) is 21.7. The number of nitrogens with zero attached hydrogens (tertiary/aromatic N) is 2. The average molecular weight is 799 g/mol. The van der Waals surface area contributed by atoms with Gasteiger partial charge in [0.15, 0.2) is 0 Å². The van der Waals surface area contributed by atoms with Gasteiger partial charge in [-0.3, -0.25) is 0 Å². The molecule has 13 rings (SSSR count). The third-order valence-corrected chi connectivity index (χ3v) is 13.1. The molecule has 2 aromatic heterocycles. The molecule has 0 spiro atoms. The monoisotopic (exact) mass is 798 g/mol. The van der Waals surface area contributed by atoms with E-state index in [2.05, 4.69) is 235 Å². The van der Waals surface area contributed by atoms with Crippen molar-refractivity contribution in [3.8, 4) is 50.3 Å². The third kappa shape index (κ3) is 5.55. The Morgan fingerprint density at radius 2 is 0.825 bits per heavy atom. The molecular weight excluding hydrogens is 761 g/mol. The molecule has 11 aromatic carbocycles. The van der Waals surface area contributed by atoms with Gasteiger partial charge in [0.2, 0.25) is 0 Å². The maximum atomic E-state index is 5.49. The van der Waals surface area contributed by atoms with Gasteiger partial charge in [0, 0.05) is 38.2 Å². The lowest BCUT2D eigenvalue weighted by atomic mass is 9.85. The summed E-state index contributed by atoms with van der Waals surface area (Å²) in [5.41, 5.74) is 13.9. The van der Waals surface area contributed by atoms with Gasteiger partial charge in [0.05, 0.1) is 22.2 Å². The summed E-state index contributed by atoms with van der Waals surface area (Å²) >= 11 is 0. The fourth-order valence-electron chi connectivity index (χ4n) is 10.3. The first-order chi connectivity index (χ1) is 31.3. The number of fused-ring (bicyclic) bond motifs is 10. The van der Waals surface area contributed by atoms with Crippen molar-refractivity contribution in [1.82, 2.24) is 9.55 Å². The highest BCUT2D eigenvalue weighted by atomic mass is 15.0. The topological polar surface area (TPSA) is 17.8 Å². The summed E-state index contributed by atoms with van der Waals surface area (Å²) in [5.74, 6) is 0. The van der Waals surface area contributed by atoms with E-state index in [1.165, 1.54) is 81.8 Å². The molecule has 2 nitrogen and oxygen atoms in total. The van der Waals surface area contributed by atoms with Crippen molar-refractivity contribution in [3.63, 3.8) is 0 Å². The van der Waals surface area contributed by atoms with E-state index in [9.17, 15) is 0 Å². The van der Waals surface area contributed by atoms with Crippen molar-refractivity contribution in [1.29, 1.82) is 0 Å². The minimum atomic E-state index is 0.980. The number of aromatic nitrogens is 2.